The Bertz CT molecular complexity index is 684. The summed E-state index contributed by atoms with van der Waals surface area (Å²) >= 11 is 0. The number of carbonyl (C=O) groups is 2. The highest BCUT2D eigenvalue weighted by Crippen LogP contribution is 2.12. The molecular weight excluding hydrogens is 316 g/mol. The summed E-state index contributed by atoms with van der Waals surface area (Å²) in [5.74, 6) is -0.616. The van der Waals surface area contributed by atoms with Gasteiger partial charge in [-0.1, -0.05) is 43.7 Å². The van der Waals surface area contributed by atoms with Crippen LogP contribution >= 0.6 is 0 Å². The lowest BCUT2D eigenvalue weighted by atomic mass is 10.1. The van der Waals surface area contributed by atoms with E-state index in [1.54, 1.807) is 24.3 Å². The van der Waals surface area contributed by atoms with E-state index >= 15 is 0 Å². The molecule has 25 heavy (non-hydrogen) atoms. The molecule has 0 aliphatic carbocycles. The van der Waals surface area contributed by atoms with Gasteiger partial charge in [-0.05, 0) is 42.7 Å². The van der Waals surface area contributed by atoms with E-state index in [4.69, 9.17) is 10.5 Å². The molecule has 0 saturated heterocycles. The number of benzene rings is 2. The Hall–Kier alpha value is -2.66. The van der Waals surface area contributed by atoms with Gasteiger partial charge in [0.15, 0.2) is 0 Å². The van der Waals surface area contributed by atoms with Crippen molar-refractivity contribution in [1.82, 2.24) is 0 Å². The molecule has 0 saturated carbocycles. The summed E-state index contributed by atoms with van der Waals surface area (Å²) in [5.41, 5.74) is 8.02. The first-order valence-electron chi connectivity index (χ1n) is 8.47. The quantitative estimate of drug-likeness (QED) is 0.571. The lowest BCUT2D eigenvalue weighted by molar-refractivity contribution is -0.117. The van der Waals surface area contributed by atoms with Gasteiger partial charge in [-0.3, -0.25) is 4.79 Å². The Morgan fingerprint density at radius 1 is 1.08 bits per heavy atom. The predicted molar refractivity (Wildman–Crippen MR) is 98.4 cm³/mol. The Labute approximate surface area is 148 Å². The summed E-state index contributed by atoms with van der Waals surface area (Å²) in [4.78, 5) is 24.0. The third-order valence-corrected chi connectivity index (χ3v) is 3.75. The van der Waals surface area contributed by atoms with Crippen LogP contribution in [0.4, 0.5) is 5.69 Å². The summed E-state index contributed by atoms with van der Waals surface area (Å²) in [7, 11) is 0. The first-order valence-corrected chi connectivity index (χ1v) is 8.47. The normalized spacial score (nSPS) is 11.6. The lowest BCUT2D eigenvalue weighted by Crippen LogP contribution is -2.37. The number of rotatable bonds is 8. The molecule has 2 rings (SSSR count). The van der Waals surface area contributed by atoms with Crippen LogP contribution < -0.4 is 11.1 Å². The van der Waals surface area contributed by atoms with Gasteiger partial charge in [0.1, 0.15) is 0 Å². The Morgan fingerprint density at radius 3 is 2.40 bits per heavy atom. The van der Waals surface area contributed by atoms with E-state index in [1.807, 2.05) is 37.3 Å². The van der Waals surface area contributed by atoms with Gasteiger partial charge in [0.25, 0.3) is 0 Å². The molecule has 1 atom stereocenters. The van der Waals surface area contributed by atoms with Gasteiger partial charge in [0.05, 0.1) is 18.2 Å². The smallest absolute Gasteiger partial charge is 0.338 e. The molecule has 0 fully saturated rings. The zero-order chi connectivity index (χ0) is 18.1. The predicted octanol–water partition coefficient (Wildman–Crippen LogP) is 3.15. The fourth-order valence-electron chi connectivity index (χ4n) is 2.28. The Kier molecular flexibility index (Phi) is 7.16. The zero-order valence-corrected chi connectivity index (χ0v) is 14.4. The fourth-order valence-corrected chi connectivity index (χ4v) is 2.28. The van der Waals surface area contributed by atoms with Crippen molar-refractivity contribution in [2.24, 2.45) is 5.73 Å². The third-order valence-electron chi connectivity index (χ3n) is 3.75. The maximum Gasteiger partial charge on any atom is 0.338 e. The van der Waals surface area contributed by atoms with Gasteiger partial charge < -0.3 is 15.8 Å². The molecule has 0 spiro atoms. The zero-order valence-electron chi connectivity index (χ0n) is 14.4. The fraction of sp³-hybridized carbons (Fsp3) is 0.300. The van der Waals surface area contributed by atoms with Crippen molar-refractivity contribution >= 4 is 17.6 Å². The molecule has 132 valence electrons. The van der Waals surface area contributed by atoms with E-state index in [9.17, 15) is 9.59 Å². The van der Waals surface area contributed by atoms with Gasteiger partial charge in [-0.15, -0.1) is 0 Å². The third kappa shape index (κ3) is 6.04. The van der Waals surface area contributed by atoms with Crippen LogP contribution in [0.25, 0.3) is 0 Å². The number of nitrogens with two attached hydrogens (primary N) is 1. The minimum Gasteiger partial charge on any atom is -0.462 e. The summed E-state index contributed by atoms with van der Waals surface area (Å²) in [6.07, 6.45) is 2.29. The van der Waals surface area contributed by atoms with E-state index in [0.717, 1.165) is 18.4 Å². The summed E-state index contributed by atoms with van der Waals surface area (Å²) < 4.78 is 5.15. The number of hydrogen-bond acceptors (Lipinski definition) is 4. The maximum absolute atomic E-state index is 12.2. The SMILES string of the molecule is CCCCOC(=O)c1ccc(NC(=O)[C@@H](N)Cc2ccccc2)cc1. The van der Waals surface area contributed by atoms with Crippen molar-refractivity contribution in [2.45, 2.75) is 32.2 Å². The van der Waals surface area contributed by atoms with Crippen molar-refractivity contribution < 1.29 is 14.3 Å². The van der Waals surface area contributed by atoms with Crippen LogP contribution in [-0.4, -0.2) is 24.5 Å². The molecule has 3 N–H and O–H groups in total. The van der Waals surface area contributed by atoms with Gasteiger partial charge in [-0.2, -0.15) is 0 Å². The molecule has 5 heteroatoms. The molecule has 0 aliphatic heterocycles. The van der Waals surface area contributed by atoms with Crippen LogP contribution in [0.5, 0.6) is 0 Å². The molecule has 0 heterocycles. The van der Waals surface area contributed by atoms with Crippen LogP contribution in [-0.2, 0) is 16.0 Å². The molecular formula is C20H24N2O3. The monoisotopic (exact) mass is 340 g/mol. The average Bonchev–Trinajstić information content (AvgIpc) is 2.63. The summed E-state index contributed by atoms with van der Waals surface area (Å²) in [6, 6.07) is 15.6. The number of carbonyl (C=O) groups excluding carboxylic acids is 2. The molecule has 0 bridgehead atoms. The molecule has 5 nitrogen and oxygen atoms in total. The molecule has 2 aromatic rings. The van der Waals surface area contributed by atoms with E-state index in [1.165, 1.54) is 0 Å². The number of unbranched alkanes of at least 4 members (excludes halogenated alkanes) is 1. The van der Waals surface area contributed by atoms with Gasteiger partial charge in [0.2, 0.25) is 5.91 Å². The largest absolute Gasteiger partial charge is 0.462 e. The van der Waals surface area contributed by atoms with Gasteiger partial charge >= 0.3 is 5.97 Å². The maximum atomic E-state index is 12.2. The molecule has 0 aliphatic rings. The Morgan fingerprint density at radius 2 is 1.76 bits per heavy atom. The summed E-state index contributed by atoms with van der Waals surface area (Å²) in [6.45, 7) is 2.45. The van der Waals surface area contributed by atoms with Gasteiger partial charge in [0, 0.05) is 5.69 Å². The number of nitrogens with one attached hydrogen (secondary N) is 1. The van der Waals surface area contributed by atoms with E-state index in [0.29, 0.717) is 24.3 Å². The van der Waals surface area contributed by atoms with Gasteiger partial charge in [-0.25, -0.2) is 4.79 Å². The number of esters is 1. The highest BCUT2D eigenvalue weighted by molar-refractivity contribution is 5.95. The summed E-state index contributed by atoms with van der Waals surface area (Å²) in [5, 5.41) is 2.76. The van der Waals surface area contributed by atoms with Crippen molar-refractivity contribution in [1.29, 1.82) is 0 Å². The topological polar surface area (TPSA) is 81.4 Å². The van der Waals surface area contributed by atoms with Crippen molar-refractivity contribution in [3.63, 3.8) is 0 Å². The second kappa shape index (κ2) is 9.59. The van der Waals surface area contributed by atoms with E-state index in [2.05, 4.69) is 5.32 Å². The van der Waals surface area contributed by atoms with Crippen LogP contribution in [0.15, 0.2) is 54.6 Å². The number of ether oxygens (including phenoxy) is 1. The van der Waals surface area contributed by atoms with Crippen LogP contribution in [0, 0.1) is 0 Å². The number of hydrogen-bond donors (Lipinski definition) is 2. The second-order valence-corrected chi connectivity index (χ2v) is 5.85. The van der Waals surface area contributed by atoms with Crippen molar-refractivity contribution in [3.05, 3.63) is 65.7 Å². The molecule has 0 unspecified atom stereocenters. The number of anilines is 1. The minimum absolute atomic E-state index is 0.262. The lowest BCUT2D eigenvalue weighted by Gasteiger charge is -2.12. The van der Waals surface area contributed by atoms with Crippen molar-refractivity contribution in [2.75, 3.05) is 11.9 Å². The van der Waals surface area contributed by atoms with Crippen molar-refractivity contribution in [3.8, 4) is 0 Å². The molecule has 2 aromatic carbocycles. The Balaban J connectivity index is 1.87. The first kappa shape index (κ1) is 18.7. The molecule has 1 amide bonds. The average molecular weight is 340 g/mol. The van der Waals surface area contributed by atoms with Crippen LogP contribution in [0.3, 0.4) is 0 Å². The molecule has 0 aromatic heterocycles. The van der Waals surface area contributed by atoms with Crippen LogP contribution in [0.1, 0.15) is 35.7 Å². The highest BCUT2D eigenvalue weighted by Gasteiger charge is 2.14. The van der Waals surface area contributed by atoms with Crippen LogP contribution in [0.2, 0.25) is 0 Å². The van der Waals surface area contributed by atoms with E-state index < -0.39 is 6.04 Å². The number of amides is 1. The minimum atomic E-state index is -0.638. The second-order valence-electron chi connectivity index (χ2n) is 5.85. The highest BCUT2D eigenvalue weighted by atomic mass is 16.5. The first-order chi connectivity index (χ1) is 12.1. The standard InChI is InChI=1S/C20H24N2O3/c1-2-3-13-25-20(24)16-9-11-17(12-10-16)22-19(23)18(21)14-15-7-5-4-6-8-15/h4-12,18H,2-3,13-14,21H2,1H3,(H,22,23)/t18-/m0/s1. The molecule has 0 radical (unpaired) electrons. The van der Waals surface area contributed by atoms with E-state index in [-0.39, 0.29) is 11.9 Å².